The molecule has 52 heavy (non-hydrogen) atoms. The summed E-state index contributed by atoms with van der Waals surface area (Å²) in [4.78, 5) is 61.6. The van der Waals surface area contributed by atoms with Crippen molar-refractivity contribution in [2.24, 2.45) is 17.8 Å². The fourth-order valence-corrected chi connectivity index (χ4v) is 6.72. The molecular formula is C36H65N3O13. The van der Waals surface area contributed by atoms with E-state index in [0.717, 1.165) is 6.42 Å². The number of ether oxygens (including phenoxy) is 7. The predicted molar refractivity (Wildman–Crippen MR) is 191 cm³/mol. The zero-order valence-corrected chi connectivity index (χ0v) is 33.8. The van der Waals surface area contributed by atoms with E-state index in [-0.39, 0.29) is 42.5 Å². The van der Waals surface area contributed by atoms with Crippen LogP contribution in [0.3, 0.4) is 0 Å². The number of carbonyl (C=O) groups excluding carboxylic acids is 4. The van der Waals surface area contributed by atoms with Crippen LogP contribution in [0.1, 0.15) is 81.6 Å². The number of methoxy groups -OCH3 is 5. The number of hydrogen-bond acceptors (Lipinski definition) is 13. The van der Waals surface area contributed by atoms with Crippen LogP contribution in [0.15, 0.2) is 0 Å². The lowest BCUT2D eigenvalue weighted by atomic mass is 9.95. The molecule has 0 aliphatic carbocycles. The highest BCUT2D eigenvalue weighted by Gasteiger charge is 2.50. The molecule has 0 bridgehead atoms. The molecule has 3 heterocycles. The standard InChI is InChI=1S/C14H25NO5.C13H23NO5.C9H17NO3/c1-13(2,3)20-12(17)15-8-10(11(16)19-6)7-14(15,4)9-18-5;1-12(2,3)19-11(17)14-7-9(10(15)16)6-13(14,4)8-18-5;1-9(6-12-2)4-7(5-10-9)8(11)13-3/h10H,7-9H2,1-6H3;9H,6-8H2,1-5H3,(H,15,16);7,10H,4-6H2,1-3H3/t10-,14-;9-,13-;7-,9-/m000/s1. The number of carbonyl (C=O) groups is 5. The van der Waals surface area contributed by atoms with E-state index in [1.807, 2.05) is 34.6 Å². The second-order valence-corrected chi connectivity index (χ2v) is 16.5. The fraction of sp³-hybridized carbons (Fsp3) is 0.861. The van der Waals surface area contributed by atoms with Crippen molar-refractivity contribution in [2.75, 3.05) is 75.0 Å². The van der Waals surface area contributed by atoms with Crippen LogP contribution in [0, 0.1) is 17.8 Å². The molecule has 0 aromatic heterocycles. The van der Waals surface area contributed by atoms with Crippen molar-refractivity contribution in [2.45, 2.75) is 109 Å². The van der Waals surface area contributed by atoms with Gasteiger partial charge in [0.1, 0.15) is 11.2 Å². The molecule has 0 aromatic rings. The van der Waals surface area contributed by atoms with E-state index in [0.29, 0.717) is 39.1 Å². The SMILES string of the molecule is COC[C@]1(C)C[C@H](C(=O)O)CN1C(=O)OC(C)(C)C.COC[C@]1(C)C[C@H](C(=O)OC)CN1.COC[C@]1(C)C[C@H](C(=O)OC)CN1C(=O)OC(C)(C)C. The van der Waals surface area contributed by atoms with Gasteiger partial charge in [-0.3, -0.25) is 24.2 Å². The van der Waals surface area contributed by atoms with Crippen LogP contribution in [-0.4, -0.2) is 148 Å². The Labute approximate surface area is 309 Å². The second kappa shape index (κ2) is 19.2. The van der Waals surface area contributed by atoms with Crippen molar-refractivity contribution in [3.05, 3.63) is 0 Å². The summed E-state index contributed by atoms with van der Waals surface area (Å²) >= 11 is 0. The molecule has 302 valence electrons. The van der Waals surface area contributed by atoms with Gasteiger partial charge in [0.05, 0.1) is 62.9 Å². The zero-order valence-electron chi connectivity index (χ0n) is 33.8. The number of nitrogens with zero attached hydrogens (tertiary/aromatic N) is 2. The minimum absolute atomic E-state index is 0.0230. The summed E-state index contributed by atoms with van der Waals surface area (Å²) in [5.41, 5.74) is -2.45. The van der Waals surface area contributed by atoms with Crippen molar-refractivity contribution in [3.63, 3.8) is 0 Å². The molecule has 0 spiro atoms. The van der Waals surface area contributed by atoms with Gasteiger partial charge in [-0.15, -0.1) is 0 Å². The smallest absolute Gasteiger partial charge is 0.410 e. The number of rotatable bonds is 9. The number of carboxylic acids is 1. The minimum Gasteiger partial charge on any atom is -0.481 e. The highest BCUT2D eigenvalue weighted by Crippen LogP contribution is 2.36. The Hall–Kier alpha value is -3.21. The fourth-order valence-electron chi connectivity index (χ4n) is 6.72. The summed E-state index contributed by atoms with van der Waals surface area (Å²) in [7, 11) is 7.55. The van der Waals surface area contributed by atoms with Crippen molar-refractivity contribution in [3.8, 4) is 0 Å². The van der Waals surface area contributed by atoms with Crippen LogP contribution < -0.4 is 5.32 Å². The molecule has 16 heteroatoms. The molecule has 2 N–H and O–H groups in total. The first-order valence-electron chi connectivity index (χ1n) is 17.4. The van der Waals surface area contributed by atoms with Crippen molar-refractivity contribution in [1.82, 2.24) is 15.1 Å². The predicted octanol–water partition coefficient (Wildman–Crippen LogP) is 3.73. The van der Waals surface area contributed by atoms with Gasteiger partial charge >= 0.3 is 30.1 Å². The van der Waals surface area contributed by atoms with E-state index in [1.165, 1.54) is 26.2 Å². The summed E-state index contributed by atoms with van der Waals surface area (Å²) in [6.45, 7) is 18.9. The van der Waals surface area contributed by atoms with Gasteiger partial charge in [-0.05, 0) is 81.6 Å². The molecule has 0 radical (unpaired) electrons. The number of esters is 2. The molecule has 2 amide bonds. The van der Waals surface area contributed by atoms with Gasteiger partial charge in [0.15, 0.2) is 0 Å². The van der Waals surface area contributed by atoms with E-state index >= 15 is 0 Å². The Morgan fingerprint density at radius 3 is 1.38 bits per heavy atom. The van der Waals surface area contributed by atoms with E-state index in [9.17, 15) is 24.0 Å². The third-order valence-electron chi connectivity index (χ3n) is 8.97. The third-order valence-corrected chi connectivity index (χ3v) is 8.97. The average molecular weight is 748 g/mol. The third kappa shape index (κ3) is 14.0. The zero-order chi connectivity index (χ0) is 40.3. The Kier molecular flexibility index (Phi) is 17.3. The van der Waals surface area contributed by atoms with Crippen LogP contribution >= 0.6 is 0 Å². The summed E-state index contributed by atoms with van der Waals surface area (Å²) in [6.07, 6.45) is 0.745. The topological polar surface area (TPSA) is 189 Å². The molecule has 3 fully saturated rings. The lowest BCUT2D eigenvalue weighted by Gasteiger charge is -2.35. The van der Waals surface area contributed by atoms with Gasteiger partial charge in [0, 0.05) is 46.5 Å². The van der Waals surface area contributed by atoms with E-state index in [2.05, 4.69) is 17.0 Å². The van der Waals surface area contributed by atoms with Gasteiger partial charge in [-0.2, -0.15) is 0 Å². The number of amides is 2. The molecule has 3 saturated heterocycles. The van der Waals surface area contributed by atoms with Gasteiger partial charge in [-0.1, -0.05) is 0 Å². The Morgan fingerprint density at radius 1 is 0.635 bits per heavy atom. The van der Waals surface area contributed by atoms with Crippen molar-refractivity contribution in [1.29, 1.82) is 0 Å². The highest BCUT2D eigenvalue weighted by atomic mass is 16.6. The first-order chi connectivity index (χ1) is 23.8. The van der Waals surface area contributed by atoms with Crippen molar-refractivity contribution >= 4 is 30.1 Å². The maximum absolute atomic E-state index is 12.3. The maximum Gasteiger partial charge on any atom is 0.410 e. The monoisotopic (exact) mass is 747 g/mol. The van der Waals surface area contributed by atoms with Crippen molar-refractivity contribution < 1.29 is 62.2 Å². The number of hydrogen-bond donors (Lipinski definition) is 2. The van der Waals surface area contributed by atoms with Crippen LogP contribution in [-0.2, 0) is 47.5 Å². The van der Waals surface area contributed by atoms with Gasteiger partial charge in [0.2, 0.25) is 0 Å². The maximum atomic E-state index is 12.3. The molecule has 3 rings (SSSR count). The molecule has 6 atom stereocenters. The first-order valence-corrected chi connectivity index (χ1v) is 17.4. The molecule has 16 nitrogen and oxygen atoms in total. The summed E-state index contributed by atoms with van der Waals surface area (Å²) < 4.78 is 35.6. The number of aliphatic carboxylic acids is 1. The summed E-state index contributed by atoms with van der Waals surface area (Å²) in [6, 6.07) is 0. The number of nitrogens with one attached hydrogen (secondary N) is 1. The molecule has 0 aromatic carbocycles. The molecule has 0 saturated carbocycles. The van der Waals surface area contributed by atoms with Crippen LogP contribution in [0.25, 0.3) is 0 Å². The first kappa shape index (κ1) is 46.8. The lowest BCUT2D eigenvalue weighted by Crippen LogP contribution is -2.49. The van der Waals surface area contributed by atoms with Gasteiger partial charge in [0.25, 0.3) is 0 Å². The van der Waals surface area contributed by atoms with Gasteiger partial charge < -0.3 is 43.6 Å². The average Bonchev–Trinajstić information content (AvgIpc) is 3.69. The van der Waals surface area contributed by atoms with E-state index < -0.39 is 46.4 Å². The van der Waals surface area contributed by atoms with Crippen LogP contribution in [0.2, 0.25) is 0 Å². The Balaban J connectivity index is 0.000000399. The molecule has 0 unspecified atom stereocenters. The minimum atomic E-state index is -0.895. The number of likely N-dealkylation sites (tertiary alicyclic amines) is 2. The summed E-state index contributed by atoms with van der Waals surface area (Å²) in [5, 5.41) is 12.4. The second-order valence-electron chi connectivity index (χ2n) is 16.5. The van der Waals surface area contributed by atoms with Crippen LogP contribution in [0.4, 0.5) is 9.59 Å². The Morgan fingerprint density at radius 2 is 1.02 bits per heavy atom. The quantitative estimate of drug-likeness (QED) is 0.256. The van der Waals surface area contributed by atoms with Gasteiger partial charge in [-0.25, -0.2) is 9.59 Å². The molecule has 3 aliphatic heterocycles. The van der Waals surface area contributed by atoms with E-state index in [1.54, 1.807) is 39.9 Å². The highest BCUT2D eigenvalue weighted by molar-refractivity contribution is 5.77. The normalized spacial score (nSPS) is 28.5. The summed E-state index contributed by atoms with van der Waals surface area (Å²) in [5.74, 6) is -2.27. The largest absolute Gasteiger partial charge is 0.481 e. The van der Waals surface area contributed by atoms with Crippen LogP contribution in [0.5, 0.6) is 0 Å². The molecular weight excluding hydrogens is 682 g/mol. The number of carboxylic acid groups (broad SMARTS) is 1. The Bertz CT molecular complexity index is 1220. The van der Waals surface area contributed by atoms with E-state index in [4.69, 9.17) is 33.5 Å². The lowest BCUT2D eigenvalue weighted by molar-refractivity contribution is -0.145. The molecule has 3 aliphatic rings.